The van der Waals surface area contributed by atoms with Crippen molar-refractivity contribution in [2.45, 2.75) is 6.61 Å². The number of methoxy groups -OCH3 is 2. The van der Waals surface area contributed by atoms with Crippen LogP contribution in [0.1, 0.15) is 5.56 Å². The van der Waals surface area contributed by atoms with Crippen molar-refractivity contribution in [1.29, 1.82) is 0 Å². The van der Waals surface area contributed by atoms with Crippen molar-refractivity contribution in [3.8, 4) is 28.4 Å². The highest BCUT2D eigenvalue weighted by Gasteiger charge is 2.13. The lowest BCUT2D eigenvalue weighted by Gasteiger charge is -2.10. The van der Waals surface area contributed by atoms with E-state index in [-0.39, 0.29) is 5.43 Å². The highest BCUT2D eigenvalue weighted by molar-refractivity contribution is 5.83. The van der Waals surface area contributed by atoms with Gasteiger partial charge in [-0.1, -0.05) is 30.3 Å². The van der Waals surface area contributed by atoms with E-state index in [9.17, 15) is 4.79 Å². The van der Waals surface area contributed by atoms with E-state index >= 15 is 0 Å². The molecule has 0 bridgehead atoms. The molecule has 0 spiro atoms. The van der Waals surface area contributed by atoms with E-state index in [1.54, 1.807) is 32.4 Å². The number of hydrogen-bond acceptors (Lipinski definition) is 5. The highest BCUT2D eigenvalue weighted by Crippen LogP contribution is 2.29. The summed E-state index contributed by atoms with van der Waals surface area (Å²) in [6.07, 6.45) is 1.47. The third-order valence-electron chi connectivity index (χ3n) is 4.71. The lowest BCUT2D eigenvalue weighted by Crippen LogP contribution is -2.06. The van der Waals surface area contributed by atoms with Crippen molar-refractivity contribution in [2.24, 2.45) is 0 Å². The summed E-state index contributed by atoms with van der Waals surface area (Å²) in [6, 6.07) is 20.3. The maximum atomic E-state index is 13.0. The van der Waals surface area contributed by atoms with E-state index in [2.05, 4.69) is 0 Å². The highest BCUT2D eigenvalue weighted by atomic mass is 16.5. The average Bonchev–Trinajstić information content (AvgIpc) is 2.78. The van der Waals surface area contributed by atoms with Crippen LogP contribution >= 0.6 is 0 Å². The number of hydrogen-bond donors (Lipinski definition) is 0. The first-order chi connectivity index (χ1) is 14.2. The minimum atomic E-state index is -0.113. The van der Waals surface area contributed by atoms with Crippen molar-refractivity contribution in [1.82, 2.24) is 0 Å². The van der Waals surface area contributed by atoms with Crippen LogP contribution in [0.25, 0.3) is 22.1 Å². The second-order valence-electron chi connectivity index (χ2n) is 6.47. The van der Waals surface area contributed by atoms with Crippen LogP contribution < -0.4 is 19.6 Å². The minimum absolute atomic E-state index is 0.113. The van der Waals surface area contributed by atoms with Gasteiger partial charge in [-0.2, -0.15) is 0 Å². The molecule has 0 saturated carbocycles. The average molecular weight is 388 g/mol. The van der Waals surface area contributed by atoms with Gasteiger partial charge in [0.2, 0.25) is 5.43 Å². The quantitative estimate of drug-likeness (QED) is 0.462. The van der Waals surface area contributed by atoms with Gasteiger partial charge >= 0.3 is 0 Å². The van der Waals surface area contributed by atoms with Crippen molar-refractivity contribution >= 4 is 11.0 Å². The second kappa shape index (κ2) is 8.10. The van der Waals surface area contributed by atoms with E-state index in [4.69, 9.17) is 18.6 Å². The summed E-state index contributed by atoms with van der Waals surface area (Å²) in [6.45, 7) is 0.402. The normalized spacial score (nSPS) is 10.7. The Morgan fingerprint density at radius 3 is 2.34 bits per heavy atom. The molecule has 29 heavy (non-hydrogen) atoms. The zero-order chi connectivity index (χ0) is 20.2. The Morgan fingerprint density at radius 2 is 1.59 bits per heavy atom. The first kappa shape index (κ1) is 18.6. The molecule has 5 nitrogen and oxygen atoms in total. The summed E-state index contributed by atoms with van der Waals surface area (Å²) in [5.41, 5.74) is 2.53. The third-order valence-corrected chi connectivity index (χ3v) is 4.71. The molecule has 3 aromatic carbocycles. The summed E-state index contributed by atoms with van der Waals surface area (Å²) in [7, 11) is 3.21. The van der Waals surface area contributed by atoms with Crippen LogP contribution in [-0.4, -0.2) is 14.2 Å². The van der Waals surface area contributed by atoms with Gasteiger partial charge in [0.1, 0.15) is 35.7 Å². The van der Waals surface area contributed by atoms with Crippen LogP contribution in [0.15, 0.2) is 82.2 Å². The van der Waals surface area contributed by atoms with E-state index in [1.165, 1.54) is 6.26 Å². The topological polar surface area (TPSA) is 57.9 Å². The zero-order valence-corrected chi connectivity index (χ0v) is 16.2. The number of ether oxygens (including phenoxy) is 3. The molecule has 5 heteroatoms. The fourth-order valence-corrected chi connectivity index (χ4v) is 3.14. The molecule has 0 N–H and O–H groups in total. The molecule has 0 atom stereocenters. The smallest absolute Gasteiger partial charge is 0.200 e. The number of rotatable bonds is 6. The molecule has 0 aliphatic rings. The van der Waals surface area contributed by atoms with E-state index in [1.807, 2.05) is 48.5 Å². The van der Waals surface area contributed by atoms with Crippen LogP contribution in [0, 0.1) is 0 Å². The van der Waals surface area contributed by atoms with Crippen molar-refractivity contribution in [2.75, 3.05) is 14.2 Å². The molecule has 0 saturated heterocycles. The van der Waals surface area contributed by atoms with E-state index in [0.717, 1.165) is 11.3 Å². The predicted octanol–water partition coefficient (Wildman–Crippen LogP) is 5.06. The maximum Gasteiger partial charge on any atom is 0.200 e. The van der Waals surface area contributed by atoms with Gasteiger partial charge < -0.3 is 18.6 Å². The molecule has 4 rings (SSSR count). The van der Waals surface area contributed by atoms with Crippen molar-refractivity contribution in [3.05, 3.63) is 88.8 Å². The largest absolute Gasteiger partial charge is 0.497 e. The summed E-state index contributed by atoms with van der Waals surface area (Å²) >= 11 is 0. The SMILES string of the molecule is COc1ccc(COc2ccc3c(=O)c(-c4ccccc4OC)coc3c2)cc1. The van der Waals surface area contributed by atoms with Gasteiger partial charge in [0.05, 0.1) is 25.2 Å². The molecule has 1 heterocycles. The Kier molecular flexibility index (Phi) is 5.20. The molecule has 0 aliphatic carbocycles. The molecular formula is C24H20O5. The van der Waals surface area contributed by atoms with Crippen LogP contribution in [0.3, 0.4) is 0 Å². The maximum absolute atomic E-state index is 13.0. The third kappa shape index (κ3) is 3.80. The lowest BCUT2D eigenvalue weighted by atomic mass is 10.0. The minimum Gasteiger partial charge on any atom is -0.497 e. The lowest BCUT2D eigenvalue weighted by molar-refractivity contribution is 0.306. The zero-order valence-electron chi connectivity index (χ0n) is 16.2. The summed E-state index contributed by atoms with van der Waals surface area (Å²) in [4.78, 5) is 13.0. The summed E-state index contributed by atoms with van der Waals surface area (Å²) < 4.78 is 22.1. The Hall–Kier alpha value is -3.73. The molecule has 1 aromatic heterocycles. The summed E-state index contributed by atoms with van der Waals surface area (Å²) in [5, 5.41) is 0.491. The van der Waals surface area contributed by atoms with Gasteiger partial charge in [0, 0.05) is 11.6 Å². The number of benzene rings is 3. The molecule has 0 radical (unpaired) electrons. The van der Waals surface area contributed by atoms with Crippen LogP contribution in [0.5, 0.6) is 17.2 Å². The Bertz CT molecular complexity index is 1190. The van der Waals surface area contributed by atoms with Gasteiger partial charge in [0.15, 0.2) is 0 Å². The molecule has 146 valence electrons. The first-order valence-electron chi connectivity index (χ1n) is 9.14. The van der Waals surface area contributed by atoms with Crippen LogP contribution in [0.2, 0.25) is 0 Å². The molecule has 0 unspecified atom stereocenters. The van der Waals surface area contributed by atoms with Crippen molar-refractivity contribution in [3.63, 3.8) is 0 Å². The number of fused-ring (bicyclic) bond motifs is 1. The van der Waals surface area contributed by atoms with Gasteiger partial charge in [-0.3, -0.25) is 4.79 Å². The Balaban J connectivity index is 1.61. The van der Waals surface area contributed by atoms with Crippen LogP contribution in [0.4, 0.5) is 0 Å². The summed E-state index contributed by atoms with van der Waals surface area (Å²) in [5.74, 6) is 2.05. The van der Waals surface area contributed by atoms with Gasteiger partial charge in [-0.25, -0.2) is 0 Å². The van der Waals surface area contributed by atoms with Gasteiger partial charge in [0.25, 0.3) is 0 Å². The van der Waals surface area contributed by atoms with Crippen LogP contribution in [-0.2, 0) is 6.61 Å². The van der Waals surface area contributed by atoms with Gasteiger partial charge in [-0.05, 0) is 35.9 Å². The molecule has 0 fully saturated rings. The standard InChI is InChI=1S/C24H20O5/c1-26-17-9-7-16(8-10-17)14-28-18-11-12-20-23(13-18)29-15-21(24(20)25)19-5-3-4-6-22(19)27-2/h3-13,15H,14H2,1-2H3. The fourth-order valence-electron chi connectivity index (χ4n) is 3.14. The molecule has 4 aromatic rings. The molecule has 0 amide bonds. The Morgan fingerprint density at radius 1 is 0.828 bits per heavy atom. The number of para-hydroxylation sites is 1. The van der Waals surface area contributed by atoms with E-state index in [0.29, 0.717) is 40.2 Å². The fraction of sp³-hybridized carbons (Fsp3) is 0.125. The first-order valence-corrected chi connectivity index (χ1v) is 9.14. The Labute approximate surface area is 168 Å². The molecular weight excluding hydrogens is 368 g/mol. The second-order valence-corrected chi connectivity index (χ2v) is 6.47. The van der Waals surface area contributed by atoms with Gasteiger partial charge in [-0.15, -0.1) is 0 Å². The molecule has 0 aliphatic heterocycles. The predicted molar refractivity (Wildman–Crippen MR) is 112 cm³/mol. The van der Waals surface area contributed by atoms with E-state index < -0.39 is 0 Å². The van der Waals surface area contributed by atoms with Crippen molar-refractivity contribution < 1.29 is 18.6 Å². The monoisotopic (exact) mass is 388 g/mol.